The van der Waals surface area contributed by atoms with Gasteiger partial charge in [-0.05, 0) is 6.07 Å². The molecular formula is C10H14N2O4. The van der Waals surface area contributed by atoms with Gasteiger partial charge in [-0.1, -0.05) is 0 Å². The number of rotatable bonds is 5. The normalized spacial score (nSPS) is 11.7. The van der Waals surface area contributed by atoms with Crippen LogP contribution in [-0.2, 0) is 9.53 Å². The Morgan fingerprint density at radius 1 is 1.50 bits per heavy atom. The molecule has 6 heteroatoms. The Morgan fingerprint density at radius 2 is 2.25 bits per heavy atom. The van der Waals surface area contributed by atoms with Crippen LogP contribution >= 0.6 is 0 Å². The number of hydrogen-bond acceptors (Lipinski definition) is 6. The molecule has 1 heterocycles. The third-order valence-electron chi connectivity index (χ3n) is 1.86. The van der Waals surface area contributed by atoms with Crippen molar-refractivity contribution in [2.24, 2.45) is 5.73 Å². The molecule has 0 radical (unpaired) electrons. The Kier molecular flexibility index (Phi) is 4.53. The molecule has 6 nitrogen and oxygen atoms in total. The maximum atomic E-state index is 11.0. The fourth-order valence-electron chi connectivity index (χ4n) is 0.967. The summed E-state index contributed by atoms with van der Waals surface area (Å²) >= 11 is 0. The maximum absolute atomic E-state index is 11.0. The van der Waals surface area contributed by atoms with E-state index in [0.29, 0.717) is 11.6 Å². The van der Waals surface area contributed by atoms with E-state index in [1.54, 1.807) is 19.2 Å². The highest BCUT2D eigenvalue weighted by Crippen LogP contribution is 2.12. The van der Waals surface area contributed by atoms with E-state index in [1.807, 2.05) is 0 Å². The van der Waals surface area contributed by atoms with E-state index in [1.165, 1.54) is 13.3 Å². The zero-order chi connectivity index (χ0) is 12.0. The summed E-state index contributed by atoms with van der Waals surface area (Å²) in [7, 11) is 2.82. The molecule has 1 aromatic rings. The number of hydrogen-bond donors (Lipinski definition) is 1. The number of pyridine rings is 1. The maximum Gasteiger partial charge on any atom is 0.326 e. The van der Waals surface area contributed by atoms with Crippen molar-refractivity contribution < 1.29 is 19.0 Å². The molecule has 0 saturated carbocycles. The van der Waals surface area contributed by atoms with Gasteiger partial charge in [-0.15, -0.1) is 0 Å². The zero-order valence-corrected chi connectivity index (χ0v) is 9.17. The van der Waals surface area contributed by atoms with Crippen molar-refractivity contribution in [3.05, 3.63) is 18.3 Å². The van der Waals surface area contributed by atoms with Gasteiger partial charge >= 0.3 is 5.97 Å². The molecular weight excluding hydrogens is 212 g/mol. The Bertz CT molecular complexity index is 339. The fourth-order valence-corrected chi connectivity index (χ4v) is 0.967. The predicted octanol–water partition coefficient (Wildman–Crippen LogP) is -0.0307. The quantitative estimate of drug-likeness (QED) is 0.710. The van der Waals surface area contributed by atoms with Crippen molar-refractivity contribution in [3.8, 4) is 11.6 Å². The van der Waals surface area contributed by atoms with Gasteiger partial charge in [0.2, 0.25) is 5.88 Å². The summed E-state index contributed by atoms with van der Waals surface area (Å²) in [5.41, 5.74) is 5.48. The average Bonchev–Trinajstić information content (AvgIpc) is 2.35. The number of methoxy groups -OCH3 is 2. The summed E-state index contributed by atoms with van der Waals surface area (Å²) in [4.78, 5) is 14.9. The lowest BCUT2D eigenvalue weighted by molar-refractivity contribution is -0.142. The highest BCUT2D eigenvalue weighted by Gasteiger charge is 2.14. The number of aromatic nitrogens is 1. The van der Waals surface area contributed by atoms with Crippen LogP contribution in [0.1, 0.15) is 0 Å². The van der Waals surface area contributed by atoms with E-state index in [0.717, 1.165) is 0 Å². The molecule has 0 spiro atoms. The van der Waals surface area contributed by atoms with Gasteiger partial charge < -0.3 is 19.9 Å². The zero-order valence-electron chi connectivity index (χ0n) is 9.17. The largest absolute Gasteiger partial charge is 0.495 e. The van der Waals surface area contributed by atoms with E-state index < -0.39 is 12.0 Å². The number of carbonyl (C=O) groups excluding carboxylic acids is 1. The average molecular weight is 226 g/mol. The monoisotopic (exact) mass is 226 g/mol. The number of carbonyl (C=O) groups is 1. The first-order valence-corrected chi connectivity index (χ1v) is 4.63. The molecule has 88 valence electrons. The van der Waals surface area contributed by atoms with Crippen LogP contribution in [0.15, 0.2) is 18.3 Å². The standard InChI is InChI=1S/C10H14N2O4/c1-14-7-3-4-9(12-5-7)16-6-8(11)10(13)15-2/h3-5,8H,6,11H2,1-2H3. The topological polar surface area (TPSA) is 83.7 Å². The molecule has 0 bridgehead atoms. The summed E-state index contributed by atoms with van der Waals surface area (Å²) < 4.78 is 14.6. The first-order valence-electron chi connectivity index (χ1n) is 4.63. The molecule has 0 fully saturated rings. The van der Waals surface area contributed by atoms with Gasteiger partial charge in [-0.2, -0.15) is 0 Å². The first-order chi connectivity index (χ1) is 7.67. The molecule has 0 aliphatic heterocycles. The van der Waals surface area contributed by atoms with Crippen molar-refractivity contribution in [1.29, 1.82) is 0 Å². The van der Waals surface area contributed by atoms with Gasteiger partial charge in [0.1, 0.15) is 18.4 Å². The summed E-state index contributed by atoms with van der Waals surface area (Å²) in [6, 6.07) is 2.52. The first kappa shape index (κ1) is 12.3. The molecule has 0 aliphatic carbocycles. The highest BCUT2D eigenvalue weighted by molar-refractivity contribution is 5.75. The lowest BCUT2D eigenvalue weighted by Gasteiger charge is -2.10. The molecule has 1 atom stereocenters. The smallest absolute Gasteiger partial charge is 0.326 e. The number of esters is 1. The minimum atomic E-state index is -0.811. The van der Waals surface area contributed by atoms with Crippen LogP contribution in [0.25, 0.3) is 0 Å². The van der Waals surface area contributed by atoms with Crippen molar-refractivity contribution in [1.82, 2.24) is 4.98 Å². The van der Waals surface area contributed by atoms with E-state index in [2.05, 4.69) is 9.72 Å². The van der Waals surface area contributed by atoms with Gasteiger partial charge in [-0.25, -0.2) is 4.98 Å². The minimum absolute atomic E-state index is 0.0198. The molecule has 0 aliphatic rings. The molecule has 0 aromatic carbocycles. The Hall–Kier alpha value is -1.82. The van der Waals surface area contributed by atoms with E-state index >= 15 is 0 Å². The van der Waals surface area contributed by atoms with E-state index in [9.17, 15) is 4.79 Å². The molecule has 0 amide bonds. The minimum Gasteiger partial charge on any atom is -0.495 e. The molecule has 1 unspecified atom stereocenters. The van der Waals surface area contributed by atoms with Gasteiger partial charge in [0, 0.05) is 6.07 Å². The van der Waals surface area contributed by atoms with Gasteiger partial charge in [0.15, 0.2) is 0 Å². The SMILES string of the molecule is COC(=O)C(N)COc1ccc(OC)cn1. The summed E-state index contributed by atoms with van der Waals surface area (Å²) in [6.07, 6.45) is 1.51. The second kappa shape index (κ2) is 5.92. The number of nitrogens with two attached hydrogens (primary N) is 1. The molecule has 2 N–H and O–H groups in total. The van der Waals surface area contributed by atoms with Gasteiger partial charge in [0.05, 0.1) is 20.4 Å². The van der Waals surface area contributed by atoms with Crippen molar-refractivity contribution >= 4 is 5.97 Å². The van der Waals surface area contributed by atoms with Crippen LogP contribution in [0.5, 0.6) is 11.6 Å². The van der Waals surface area contributed by atoms with Crippen LogP contribution < -0.4 is 15.2 Å². The number of ether oxygens (including phenoxy) is 3. The van der Waals surface area contributed by atoms with E-state index in [4.69, 9.17) is 15.2 Å². The van der Waals surface area contributed by atoms with Gasteiger partial charge in [0.25, 0.3) is 0 Å². The summed E-state index contributed by atoms with van der Waals surface area (Å²) in [5, 5.41) is 0. The molecule has 0 saturated heterocycles. The van der Waals surface area contributed by atoms with Gasteiger partial charge in [-0.3, -0.25) is 4.79 Å². The van der Waals surface area contributed by atoms with Crippen molar-refractivity contribution in [3.63, 3.8) is 0 Å². The highest BCUT2D eigenvalue weighted by atomic mass is 16.5. The number of nitrogens with zero attached hydrogens (tertiary/aromatic N) is 1. The van der Waals surface area contributed by atoms with Crippen molar-refractivity contribution in [2.45, 2.75) is 6.04 Å². The Morgan fingerprint density at radius 3 is 2.75 bits per heavy atom. The molecule has 1 aromatic heterocycles. The fraction of sp³-hybridized carbons (Fsp3) is 0.400. The Balaban J connectivity index is 2.45. The van der Waals surface area contributed by atoms with Crippen molar-refractivity contribution in [2.75, 3.05) is 20.8 Å². The summed E-state index contributed by atoms with van der Waals surface area (Å²) in [6.45, 7) is 0.0198. The second-order valence-electron chi connectivity index (χ2n) is 2.98. The van der Waals surface area contributed by atoms with Crippen LogP contribution in [0.3, 0.4) is 0 Å². The third kappa shape index (κ3) is 3.39. The second-order valence-corrected chi connectivity index (χ2v) is 2.98. The van der Waals surface area contributed by atoms with E-state index in [-0.39, 0.29) is 6.61 Å². The third-order valence-corrected chi connectivity index (χ3v) is 1.86. The lowest BCUT2D eigenvalue weighted by atomic mass is 10.3. The van der Waals surface area contributed by atoms with Crippen LogP contribution in [0.4, 0.5) is 0 Å². The van der Waals surface area contributed by atoms with Crippen LogP contribution in [-0.4, -0.2) is 37.8 Å². The Labute approximate surface area is 93.3 Å². The molecule has 1 rings (SSSR count). The molecule has 16 heavy (non-hydrogen) atoms. The lowest BCUT2D eigenvalue weighted by Crippen LogP contribution is -2.37. The van der Waals surface area contributed by atoms with Crippen LogP contribution in [0, 0.1) is 0 Å². The van der Waals surface area contributed by atoms with Crippen LogP contribution in [0.2, 0.25) is 0 Å². The summed E-state index contributed by atoms with van der Waals surface area (Å²) in [5.74, 6) is 0.485. The predicted molar refractivity (Wildman–Crippen MR) is 56.3 cm³/mol.